The van der Waals surface area contributed by atoms with Crippen molar-refractivity contribution >= 4 is 17.2 Å². The molecule has 2 aromatic heterocycles. The van der Waals surface area contributed by atoms with Gasteiger partial charge < -0.3 is 9.47 Å². The zero-order valence-electron chi connectivity index (χ0n) is 14.9. The summed E-state index contributed by atoms with van der Waals surface area (Å²) in [7, 11) is 0. The van der Waals surface area contributed by atoms with Gasteiger partial charge in [-0.1, -0.05) is 30.3 Å². The van der Waals surface area contributed by atoms with Crippen molar-refractivity contribution in [3.8, 4) is 21.7 Å². The highest BCUT2D eigenvalue weighted by Crippen LogP contribution is 2.39. The summed E-state index contributed by atoms with van der Waals surface area (Å²) in [6.07, 6.45) is 0. The highest BCUT2D eigenvalue weighted by Gasteiger charge is 2.30. The van der Waals surface area contributed by atoms with Gasteiger partial charge in [0.15, 0.2) is 0 Å². The average molecular weight is 364 g/mol. The number of thiophene rings is 1. The van der Waals surface area contributed by atoms with Gasteiger partial charge in [0, 0.05) is 18.7 Å². The number of aromatic nitrogens is 1. The van der Waals surface area contributed by atoms with Gasteiger partial charge in [0.1, 0.15) is 0 Å². The number of carbonyl (C=O) groups excluding carboxylic acids is 1. The van der Waals surface area contributed by atoms with Crippen molar-refractivity contribution in [1.29, 1.82) is 0 Å². The third-order valence-corrected chi connectivity index (χ3v) is 5.91. The molecule has 0 atom stereocenters. The molecule has 0 aliphatic carbocycles. The normalized spacial score (nSPS) is 11.9. The van der Waals surface area contributed by atoms with Crippen molar-refractivity contribution in [2.45, 2.75) is 20.4 Å². The van der Waals surface area contributed by atoms with E-state index in [4.69, 9.17) is 0 Å². The van der Waals surface area contributed by atoms with Crippen LogP contribution in [0.5, 0.6) is 0 Å². The van der Waals surface area contributed by atoms with Crippen LogP contribution in [0.3, 0.4) is 0 Å². The average Bonchev–Trinajstić information content (AvgIpc) is 3.26. The zero-order chi connectivity index (χ0) is 18.3. The van der Waals surface area contributed by atoms with Crippen molar-refractivity contribution in [3.05, 3.63) is 69.3 Å². The molecule has 1 aliphatic heterocycles. The first-order valence-corrected chi connectivity index (χ1v) is 9.73. The van der Waals surface area contributed by atoms with E-state index < -0.39 is 0 Å². The number of fused-ring (bicyclic) bond motifs is 3. The molecule has 4 rings (SSSR count). The Kier molecular flexibility index (Phi) is 4.24. The fourth-order valence-corrected chi connectivity index (χ4v) is 4.55. The molecule has 0 fully saturated rings. The minimum Gasteiger partial charge on any atom is -0.339 e. The van der Waals surface area contributed by atoms with Crippen LogP contribution < -0.4 is 5.56 Å². The summed E-state index contributed by atoms with van der Waals surface area (Å²) in [4.78, 5) is 29.2. The number of amides is 1. The quantitative estimate of drug-likeness (QED) is 0.547. The molecular formula is C21H20N2O2S. The minimum atomic E-state index is -0.0364. The van der Waals surface area contributed by atoms with Gasteiger partial charge in [-0.25, -0.2) is 0 Å². The number of pyridine rings is 1. The molecule has 0 radical (unpaired) electrons. The van der Waals surface area contributed by atoms with Crippen molar-refractivity contribution < 1.29 is 4.79 Å². The van der Waals surface area contributed by atoms with Gasteiger partial charge in [-0.3, -0.25) is 9.59 Å². The smallest absolute Gasteiger partial charge is 0.259 e. The van der Waals surface area contributed by atoms with Gasteiger partial charge in [-0.2, -0.15) is 0 Å². The highest BCUT2D eigenvalue weighted by molar-refractivity contribution is 7.13. The zero-order valence-corrected chi connectivity index (χ0v) is 15.7. The van der Waals surface area contributed by atoms with Crippen LogP contribution in [0.1, 0.15) is 29.8 Å². The predicted octanol–water partition coefficient (Wildman–Crippen LogP) is 4.09. The van der Waals surface area contributed by atoms with Gasteiger partial charge in [0.2, 0.25) is 0 Å². The Bertz CT molecular complexity index is 1030. The van der Waals surface area contributed by atoms with Crippen LogP contribution in [-0.4, -0.2) is 28.5 Å². The molecule has 26 heavy (non-hydrogen) atoms. The lowest BCUT2D eigenvalue weighted by Gasteiger charge is -2.21. The van der Waals surface area contributed by atoms with Gasteiger partial charge in [-0.15, -0.1) is 11.3 Å². The summed E-state index contributed by atoms with van der Waals surface area (Å²) in [5.74, 6) is -0.0165. The summed E-state index contributed by atoms with van der Waals surface area (Å²) in [6, 6.07) is 13.4. The third kappa shape index (κ3) is 2.51. The summed E-state index contributed by atoms with van der Waals surface area (Å²) in [6.45, 7) is 5.78. The summed E-state index contributed by atoms with van der Waals surface area (Å²) >= 11 is 1.59. The van der Waals surface area contributed by atoms with Crippen LogP contribution in [-0.2, 0) is 6.54 Å². The van der Waals surface area contributed by atoms with Gasteiger partial charge in [-0.05, 0) is 42.5 Å². The fourth-order valence-electron chi connectivity index (χ4n) is 3.57. The van der Waals surface area contributed by atoms with Gasteiger partial charge in [0.05, 0.1) is 22.7 Å². The van der Waals surface area contributed by atoms with Crippen molar-refractivity contribution in [3.63, 3.8) is 0 Å². The molecular weight excluding hydrogens is 344 g/mol. The Morgan fingerprint density at radius 3 is 2.58 bits per heavy atom. The first kappa shape index (κ1) is 16.8. The van der Waals surface area contributed by atoms with Gasteiger partial charge >= 0.3 is 0 Å². The molecule has 4 nitrogen and oxygen atoms in total. The Balaban J connectivity index is 1.99. The number of rotatable bonds is 4. The van der Waals surface area contributed by atoms with Crippen LogP contribution in [0.25, 0.3) is 21.7 Å². The molecule has 3 heterocycles. The molecule has 0 bridgehead atoms. The van der Waals surface area contributed by atoms with E-state index >= 15 is 0 Å². The monoisotopic (exact) mass is 364 g/mol. The molecule has 132 valence electrons. The molecule has 0 saturated carbocycles. The van der Waals surface area contributed by atoms with E-state index in [1.807, 2.05) is 55.6 Å². The molecule has 1 aromatic carbocycles. The summed E-state index contributed by atoms with van der Waals surface area (Å²) in [5.41, 5.74) is 3.90. The maximum absolute atomic E-state index is 13.2. The summed E-state index contributed by atoms with van der Waals surface area (Å²) < 4.78 is 1.76. The number of hydrogen-bond acceptors (Lipinski definition) is 3. The van der Waals surface area contributed by atoms with Crippen molar-refractivity contribution in [2.24, 2.45) is 0 Å². The molecule has 1 aliphatic rings. The largest absolute Gasteiger partial charge is 0.339 e. The molecule has 0 unspecified atom stereocenters. The van der Waals surface area contributed by atoms with Crippen LogP contribution >= 0.6 is 11.3 Å². The maximum atomic E-state index is 13.2. The molecule has 0 spiro atoms. The third-order valence-electron chi connectivity index (χ3n) is 4.95. The van der Waals surface area contributed by atoms with E-state index in [2.05, 4.69) is 0 Å². The lowest BCUT2D eigenvalue weighted by atomic mass is 10.0. The SMILES string of the molecule is CCN(CC)C(=O)c1cc(-c2ccccc2)c(=O)n2c1-c1sccc1C2. The lowest BCUT2D eigenvalue weighted by Crippen LogP contribution is -2.33. The first-order valence-electron chi connectivity index (χ1n) is 8.85. The second-order valence-corrected chi connectivity index (χ2v) is 7.25. The van der Waals surface area contributed by atoms with E-state index in [-0.39, 0.29) is 11.5 Å². The van der Waals surface area contributed by atoms with Gasteiger partial charge in [0.25, 0.3) is 11.5 Å². The van der Waals surface area contributed by atoms with Crippen molar-refractivity contribution in [2.75, 3.05) is 13.1 Å². The van der Waals surface area contributed by atoms with Crippen LogP contribution in [0.2, 0.25) is 0 Å². The molecule has 1 amide bonds. The fraction of sp³-hybridized carbons (Fsp3) is 0.238. The highest BCUT2D eigenvalue weighted by atomic mass is 32.1. The van der Waals surface area contributed by atoms with E-state index in [1.54, 1.807) is 26.9 Å². The second-order valence-electron chi connectivity index (χ2n) is 6.33. The minimum absolute atomic E-state index is 0.0165. The first-order chi connectivity index (χ1) is 12.7. The van der Waals surface area contributed by atoms with E-state index in [9.17, 15) is 9.59 Å². The molecule has 3 aromatic rings. The molecule has 0 N–H and O–H groups in total. The number of hydrogen-bond donors (Lipinski definition) is 0. The second kappa shape index (κ2) is 6.57. The van der Waals surface area contributed by atoms with E-state index in [1.165, 1.54) is 0 Å². The van der Waals surface area contributed by atoms with Crippen molar-refractivity contribution in [1.82, 2.24) is 9.47 Å². The number of carbonyl (C=O) groups is 1. The number of benzene rings is 1. The Hall–Kier alpha value is -2.66. The summed E-state index contributed by atoms with van der Waals surface area (Å²) in [5, 5.41) is 2.02. The van der Waals surface area contributed by atoms with Crippen LogP contribution in [0, 0.1) is 0 Å². The van der Waals surface area contributed by atoms with Crippen LogP contribution in [0.15, 0.2) is 52.6 Å². The predicted molar refractivity (Wildman–Crippen MR) is 106 cm³/mol. The Morgan fingerprint density at radius 2 is 1.88 bits per heavy atom. The van der Waals surface area contributed by atoms with Crippen LogP contribution in [0.4, 0.5) is 0 Å². The topological polar surface area (TPSA) is 42.3 Å². The molecule has 5 heteroatoms. The number of nitrogens with zero attached hydrogens (tertiary/aromatic N) is 2. The Morgan fingerprint density at radius 1 is 1.15 bits per heavy atom. The van der Waals surface area contributed by atoms with E-state index in [0.717, 1.165) is 21.7 Å². The standard InChI is InChI=1S/C21H20N2O2S/c1-3-22(4-2)20(24)17-12-16(14-8-6-5-7-9-14)21(25)23-13-15-10-11-26-19(15)18(17)23/h5-12H,3-4,13H2,1-2H3. The lowest BCUT2D eigenvalue weighted by molar-refractivity contribution is 0.0773. The molecule has 0 saturated heterocycles. The maximum Gasteiger partial charge on any atom is 0.259 e. The Labute approximate surface area is 156 Å². The van der Waals surface area contributed by atoms with E-state index in [0.29, 0.717) is 30.8 Å².